The van der Waals surface area contributed by atoms with Crippen LogP contribution >= 0.6 is 23.1 Å². The van der Waals surface area contributed by atoms with Gasteiger partial charge in [0.05, 0.1) is 16.9 Å². The Morgan fingerprint density at radius 2 is 2.21 bits per heavy atom. The van der Waals surface area contributed by atoms with E-state index in [1.54, 1.807) is 18.4 Å². The smallest absolute Gasteiger partial charge is 0.216 e. The molecule has 0 aliphatic carbocycles. The van der Waals surface area contributed by atoms with Crippen LogP contribution in [0.15, 0.2) is 52.8 Å². The van der Waals surface area contributed by atoms with Crippen molar-refractivity contribution in [1.29, 1.82) is 0 Å². The molecule has 9 heteroatoms. The number of nitrogens with one attached hydrogen (secondary N) is 1. The molecule has 28 heavy (non-hydrogen) atoms. The highest BCUT2D eigenvalue weighted by Gasteiger charge is 2.17. The number of Topliss-reactive ketones (excluding diaryl/α,β-unsaturated/α-hetero) is 1. The van der Waals surface area contributed by atoms with E-state index in [-0.39, 0.29) is 17.4 Å². The average Bonchev–Trinajstić information content (AvgIpc) is 3.41. The van der Waals surface area contributed by atoms with E-state index < -0.39 is 0 Å². The summed E-state index contributed by atoms with van der Waals surface area (Å²) in [5.74, 6) is 1.47. The molecular formula is C19H20N4O3S2. The van der Waals surface area contributed by atoms with Crippen LogP contribution in [0.1, 0.15) is 21.5 Å². The lowest BCUT2D eigenvalue weighted by Crippen LogP contribution is -2.22. The largest absolute Gasteiger partial charge is 0.461 e. The Kier molecular flexibility index (Phi) is 6.83. The second kappa shape index (κ2) is 9.52. The minimum Gasteiger partial charge on any atom is -0.461 e. The molecule has 0 bridgehead atoms. The monoisotopic (exact) mass is 416 g/mol. The van der Waals surface area contributed by atoms with Crippen LogP contribution in [0.3, 0.4) is 0 Å². The van der Waals surface area contributed by atoms with Gasteiger partial charge in [-0.1, -0.05) is 17.8 Å². The van der Waals surface area contributed by atoms with Crippen molar-refractivity contribution in [3.63, 3.8) is 0 Å². The Hall–Kier alpha value is -2.65. The van der Waals surface area contributed by atoms with E-state index in [9.17, 15) is 9.59 Å². The van der Waals surface area contributed by atoms with Gasteiger partial charge < -0.3 is 9.73 Å². The summed E-state index contributed by atoms with van der Waals surface area (Å²) >= 11 is 2.80. The van der Waals surface area contributed by atoms with Crippen LogP contribution in [0.25, 0.3) is 11.6 Å². The van der Waals surface area contributed by atoms with Crippen molar-refractivity contribution >= 4 is 34.8 Å². The summed E-state index contributed by atoms with van der Waals surface area (Å²) in [7, 11) is 0. The van der Waals surface area contributed by atoms with Crippen LogP contribution in [-0.2, 0) is 17.8 Å². The Balaban J connectivity index is 1.62. The van der Waals surface area contributed by atoms with Gasteiger partial charge in [0.2, 0.25) is 11.7 Å². The van der Waals surface area contributed by atoms with Crippen molar-refractivity contribution in [3.8, 4) is 11.6 Å². The number of aromatic nitrogens is 3. The highest BCUT2D eigenvalue weighted by molar-refractivity contribution is 7.99. The highest BCUT2D eigenvalue weighted by Crippen LogP contribution is 2.26. The van der Waals surface area contributed by atoms with Gasteiger partial charge in [0.15, 0.2) is 16.7 Å². The Morgan fingerprint density at radius 3 is 2.93 bits per heavy atom. The van der Waals surface area contributed by atoms with Gasteiger partial charge >= 0.3 is 0 Å². The molecule has 0 unspecified atom stereocenters. The van der Waals surface area contributed by atoms with Crippen molar-refractivity contribution in [3.05, 3.63) is 52.9 Å². The van der Waals surface area contributed by atoms with Gasteiger partial charge in [0, 0.05) is 24.9 Å². The summed E-state index contributed by atoms with van der Waals surface area (Å²) in [5, 5.41) is 11.8. The van der Waals surface area contributed by atoms with Crippen LogP contribution in [0.2, 0.25) is 0 Å². The molecule has 0 aromatic carbocycles. The summed E-state index contributed by atoms with van der Waals surface area (Å²) in [6, 6.07) is 7.37. The van der Waals surface area contributed by atoms with Crippen LogP contribution in [0.4, 0.5) is 0 Å². The first-order valence-electron chi connectivity index (χ1n) is 8.65. The van der Waals surface area contributed by atoms with Crippen molar-refractivity contribution in [2.45, 2.75) is 25.0 Å². The zero-order chi connectivity index (χ0) is 19.9. The van der Waals surface area contributed by atoms with E-state index in [4.69, 9.17) is 4.42 Å². The topological polar surface area (TPSA) is 90.0 Å². The molecule has 0 atom stereocenters. The molecule has 0 radical (unpaired) electrons. The fourth-order valence-corrected chi connectivity index (χ4v) is 4.37. The van der Waals surface area contributed by atoms with Crippen LogP contribution in [0, 0.1) is 0 Å². The van der Waals surface area contributed by atoms with E-state index in [0.29, 0.717) is 41.1 Å². The quantitative estimate of drug-likeness (QED) is 0.309. The van der Waals surface area contributed by atoms with Gasteiger partial charge in [-0.05, 0) is 30.7 Å². The number of furan rings is 1. The Bertz CT molecular complexity index is 960. The minimum atomic E-state index is -0.0539. The van der Waals surface area contributed by atoms with E-state index in [2.05, 4.69) is 22.1 Å². The van der Waals surface area contributed by atoms with Crippen LogP contribution < -0.4 is 5.32 Å². The molecule has 3 aromatic heterocycles. The molecule has 3 aromatic rings. The molecule has 0 saturated heterocycles. The maximum Gasteiger partial charge on any atom is 0.216 e. The lowest BCUT2D eigenvalue weighted by molar-refractivity contribution is -0.118. The number of nitrogens with zero attached hydrogens (tertiary/aromatic N) is 3. The molecule has 3 heterocycles. The van der Waals surface area contributed by atoms with E-state index >= 15 is 0 Å². The standard InChI is InChI=1S/C19H20N4O3S2/c1-3-10-23-18(16-5-4-11-26-16)21-22-19(23)27-12-15(25)17-7-6-14(28-17)8-9-20-13(2)24/h3-7,11H,1,8-10,12H2,2H3,(H,20,24). The molecule has 0 aliphatic rings. The van der Waals surface area contributed by atoms with Gasteiger partial charge in [-0.25, -0.2) is 0 Å². The van der Waals surface area contributed by atoms with Gasteiger partial charge in [-0.2, -0.15) is 0 Å². The minimum absolute atomic E-state index is 0.0356. The number of amides is 1. The first-order valence-corrected chi connectivity index (χ1v) is 10.5. The van der Waals surface area contributed by atoms with Gasteiger partial charge in [-0.3, -0.25) is 14.2 Å². The summed E-state index contributed by atoms with van der Waals surface area (Å²) in [6.07, 6.45) is 4.05. The van der Waals surface area contributed by atoms with Gasteiger partial charge in [0.1, 0.15) is 0 Å². The third-order valence-corrected chi connectivity index (χ3v) is 5.94. The first-order chi connectivity index (χ1) is 13.6. The Morgan fingerprint density at radius 1 is 1.36 bits per heavy atom. The zero-order valence-corrected chi connectivity index (χ0v) is 17.0. The van der Waals surface area contributed by atoms with Crippen LogP contribution in [-0.4, -0.2) is 38.8 Å². The number of thiophene rings is 1. The molecule has 0 fully saturated rings. The Labute approximate surface area is 170 Å². The summed E-state index contributed by atoms with van der Waals surface area (Å²) < 4.78 is 7.28. The number of hydrogen-bond donors (Lipinski definition) is 1. The van der Waals surface area contributed by atoms with Crippen LogP contribution in [0.5, 0.6) is 0 Å². The van der Waals surface area contributed by atoms with Gasteiger partial charge in [-0.15, -0.1) is 28.1 Å². The van der Waals surface area contributed by atoms with Crippen molar-refractivity contribution in [2.75, 3.05) is 12.3 Å². The maximum absolute atomic E-state index is 12.5. The summed E-state index contributed by atoms with van der Waals surface area (Å²) in [4.78, 5) is 25.2. The number of allylic oxidation sites excluding steroid dienone is 1. The van der Waals surface area contributed by atoms with Crippen molar-refractivity contribution < 1.29 is 14.0 Å². The second-order valence-electron chi connectivity index (χ2n) is 5.89. The average molecular weight is 417 g/mol. The molecule has 146 valence electrons. The number of carbonyl (C=O) groups is 2. The van der Waals surface area contributed by atoms with E-state index in [0.717, 1.165) is 4.88 Å². The van der Waals surface area contributed by atoms with E-state index in [1.165, 1.54) is 30.0 Å². The molecule has 7 nitrogen and oxygen atoms in total. The fourth-order valence-electron chi connectivity index (χ4n) is 2.50. The number of rotatable bonds is 10. The molecule has 1 amide bonds. The van der Waals surface area contributed by atoms with Crippen molar-refractivity contribution in [1.82, 2.24) is 20.1 Å². The molecule has 0 aliphatic heterocycles. The number of hydrogen-bond acceptors (Lipinski definition) is 7. The maximum atomic E-state index is 12.5. The molecule has 0 spiro atoms. The number of thioether (sulfide) groups is 1. The second-order valence-corrected chi connectivity index (χ2v) is 8.00. The first kappa shape index (κ1) is 20.1. The van der Waals surface area contributed by atoms with E-state index in [1.807, 2.05) is 22.8 Å². The predicted molar refractivity (Wildman–Crippen MR) is 110 cm³/mol. The summed E-state index contributed by atoms with van der Waals surface area (Å²) in [6.45, 7) is 6.35. The van der Waals surface area contributed by atoms with Gasteiger partial charge in [0.25, 0.3) is 0 Å². The third-order valence-electron chi connectivity index (χ3n) is 3.78. The highest BCUT2D eigenvalue weighted by atomic mass is 32.2. The number of carbonyl (C=O) groups excluding carboxylic acids is 2. The molecule has 0 saturated carbocycles. The lowest BCUT2D eigenvalue weighted by atomic mass is 10.3. The van der Waals surface area contributed by atoms with Crippen molar-refractivity contribution in [2.24, 2.45) is 0 Å². The molecule has 3 rings (SSSR count). The summed E-state index contributed by atoms with van der Waals surface area (Å²) in [5.41, 5.74) is 0. The SMILES string of the molecule is C=CCn1c(SCC(=O)c2ccc(CCNC(C)=O)s2)nnc1-c1ccco1. The number of ketones is 1. The lowest BCUT2D eigenvalue weighted by Gasteiger charge is -2.05. The normalized spacial score (nSPS) is 10.8. The predicted octanol–water partition coefficient (Wildman–Crippen LogP) is 3.44. The fraction of sp³-hybridized carbons (Fsp3) is 0.263. The molecular weight excluding hydrogens is 396 g/mol. The molecule has 1 N–H and O–H groups in total. The third kappa shape index (κ3) is 4.99. The zero-order valence-electron chi connectivity index (χ0n) is 15.4.